The maximum absolute atomic E-state index is 11.3. The molecule has 0 spiro atoms. The lowest BCUT2D eigenvalue weighted by atomic mass is 10.2. The highest BCUT2D eigenvalue weighted by molar-refractivity contribution is 5.78. The Balaban J connectivity index is 2.24. The van der Waals surface area contributed by atoms with Gasteiger partial charge in [-0.1, -0.05) is 47.6 Å². The van der Waals surface area contributed by atoms with Gasteiger partial charge in [0, 0.05) is 24.4 Å². The molecule has 0 atom stereocenters. The SMILES string of the molecule is [N-]=[N+]=NCCNC(=O)C/C=C/c1ccccc1. The van der Waals surface area contributed by atoms with Crippen LogP contribution in [0.1, 0.15) is 12.0 Å². The van der Waals surface area contributed by atoms with Gasteiger partial charge in [-0.05, 0) is 11.1 Å². The van der Waals surface area contributed by atoms with E-state index in [0.29, 0.717) is 13.0 Å². The zero-order valence-electron chi connectivity index (χ0n) is 9.41. The molecule has 5 heteroatoms. The van der Waals surface area contributed by atoms with Gasteiger partial charge in [0.05, 0.1) is 0 Å². The topological polar surface area (TPSA) is 77.9 Å². The molecule has 1 aromatic carbocycles. The summed E-state index contributed by atoms with van der Waals surface area (Å²) >= 11 is 0. The van der Waals surface area contributed by atoms with Crippen molar-refractivity contribution < 1.29 is 4.79 Å². The summed E-state index contributed by atoms with van der Waals surface area (Å²) in [5, 5.41) is 5.97. The molecule has 0 fully saturated rings. The molecule has 1 N–H and O–H groups in total. The first-order valence-corrected chi connectivity index (χ1v) is 5.32. The molecule has 0 aliphatic carbocycles. The first-order valence-electron chi connectivity index (χ1n) is 5.32. The quantitative estimate of drug-likeness (QED) is 0.346. The molecule has 0 aliphatic rings. The van der Waals surface area contributed by atoms with Crippen molar-refractivity contribution in [2.24, 2.45) is 5.11 Å². The molecule has 0 aromatic heterocycles. The summed E-state index contributed by atoms with van der Waals surface area (Å²) in [7, 11) is 0. The van der Waals surface area contributed by atoms with Crippen LogP contribution in [0.25, 0.3) is 16.5 Å². The van der Waals surface area contributed by atoms with Crippen molar-refractivity contribution in [3.05, 3.63) is 52.4 Å². The second-order valence-electron chi connectivity index (χ2n) is 3.32. The predicted octanol–water partition coefficient (Wildman–Crippen LogP) is 2.52. The van der Waals surface area contributed by atoms with Crippen LogP contribution in [0.2, 0.25) is 0 Å². The highest BCUT2D eigenvalue weighted by Gasteiger charge is 1.95. The minimum Gasteiger partial charge on any atom is -0.356 e. The zero-order chi connectivity index (χ0) is 12.3. The van der Waals surface area contributed by atoms with Gasteiger partial charge in [-0.3, -0.25) is 4.79 Å². The zero-order valence-corrected chi connectivity index (χ0v) is 9.41. The summed E-state index contributed by atoms with van der Waals surface area (Å²) in [6.45, 7) is 0.659. The van der Waals surface area contributed by atoms with Crippen molar-refractivity contribution >= 4 is 12.0 Å². The largest absolute Gasteiger partial charge is 0.356 e. The van der Waals surface area contributed by atoms with Crippen LogP contribution in [0.5, 0.6) is 0 Å². The Bertz CT molecular complexity index is 421. The van der Waals surface area contributed by atoms with Crippen molar-refractivity contribution in [2.45, 2.75) is 6.42 Å². The predicted molar refractivity (Wildman–Crippen MR) is 67.1 cm³/mol. The Hall–Kier alpha value is -2.26. The second kappa shape index (κ2) is 7.96. The Morgan fingerprint density at radius 2 is 2.18 bits per heavy atom. The number of hydrogen-bond donors (Lipinski definition) is 1. The summed E-state index contributed by atoms with van der Waals surface area (Å²) in [5.74, 6) is -0.0784. The van der Waals surface area contributed by atoms with Crippen LogP contribution in [-0.2, 0) is 4.79 Å². The maximum Gasteiger partial charge on any atom is 0.223 e. The second-order valence-corrected chi connectivity index (χ2v) is 3.32. The fourth-order valence-electron chi connectivity index (χ4n) is 1.23. The maximum atomic E-state index is 11.3. The van der Waals surface area contributed by atoms with E-state index in [-0.39, 0.29) is 12.5 Å². The highest BCUT2D eigenvalue weighted by Crippen LogP contribution is 2.01. The van der Waals surface area contributed by atoms with Crippen LogP contribution in [-0.4, -0.2) is 19.0 Å². The number of carbonyl (C=O) groups is 1. The lowest BCUT2D eigenvalue weighted by Gasteiger charge is -1.99. The Kier molecular flexibility index (Phi) is 6.00. The summed E-state index contributed by atoms with van der Waals surface area (Å²) in [5.41, 5.74) is 9.10. The van der Waals surface area contributed by atoms with E-state index in [1.807, 2.05) is 36.4 Å². The molecule has 0 radical (unpaired) electrons. The first-order chi connectivity index (χ1) is 8.33. The third kappa shape index (κ3) is 6.02. The molecule has 0 aliphatic heterocycles. The van der Waals surface area contributed by atoms with Crippen LogP contribution in [0.15, 0.2) is 41.5 Å². The summed E-state index contributed by atoms with van der Waals surface area (Å²) in [6.07, 6.45) is 4.02. The number of azide groups is 1. The minimum atomic E-state index is -0.0784. The molecular formula is C12H14N4O. The van der Waals surface area contributed by atoms with Crippen molar-refractivity contribution in [1.82, 2.24) is 5.32 Å². The van der Waals surface area contributed by atoms with Gasteiger partial charge in [-0.2, -0.15) is 0 Å². The Morgan fingerprint density at radius 1 is 1.41 bits per heavy atom. The van der Waals surface area contributed by atoms with Crippen LogP contribution in [0.3, 0.4) is 0 Å². The molecule has 1 rings (SSSR count). The number of rotatable bonds is 6. The molecule has 0 unspecified atom stereocenters. The molecule has 0 bridgehead atoms. The van der Waals surface area contributed by atoms with E-state index in [1.54, 1.807) is 6.08 Å². The number of nitrogens with zero attached hydrogens (tertiary/aromatic N) is 3. The third-order valence-electron chi connectivity index (χ3n) is 2.01. The van der Waals surface area contributed by atoms with Crippen LogP contribution >= 0.6 is 0 Å². The van der Waals surface area contributed by atoms with E-state index >= 15 is 0 Å². The van der Waals surface area contributed by atoms with E-state index in [2.05, 4.69) is 15.3 Å². The molecule has 5 nitrogen and oxygen atoms in total. The third-order valence-corrected chi connectivity index (χ3v) is 2.01. The normalized spacial score (nSPS) is 9.88. The fraction of sp³-hybridized carbons (Fsp3) is 0.250. The van der Waals surface area contributed by atoms with Gasteiger partial charge in [0.1, 0.15) is 0 Å². The number of amides is 1. The van der Waals surface area contributed by atoms with Gasteiger partial charge in [0.25, 0.3) is 0 Å². The van der Waals surface area contributed by atoms with Crippen molar-refractivity contribution in [1.29, 1.82) is 0 Å². The minimum absolute atomic E-state index is 0.0784. The average molecular weight is 230 g/mol. The molecule has 1 aromatic rings. The first kappa shape index (κ1) is 12.8. The molecule has 88 valence electrons. The Labute approximate surface area is 99.8 Å². The average Bonchev–Trinajstić information content (AvgIpc) is 2.36. The monoisotopic (exact) mass is 230 g/mol. The van der Waals surface area contributed by atoms with Crippen molar-refractivity contribution in [3.63, 3.8) is 0 Å². The van der Waals surface area contributed by atoms with Gasteiger partial charge in [0.2, 0.25) is 5.91 Å². The van der Waals surface area contributed by atoms with Crippen LogP contribution in [0.4, 0.5) is 0 Å². The van der Waals surface area contributed by atoms with Gasteiger partial charge in [-0.25, -0.2) is 0 Å². The Morgan fingerprint density at radius 3 is 2.88 bits per heavy atom. The van der Waals surface area contributed by atoms with E-state index < -0.39 is 0 Å². The van der Waals surface area contributed by atoms with E-state index in [4.69, 9.17) is 5.53 Å². The van der Waals surface area contributed by atoms with Crippen LogP contribution in [0, 0.1) is 0 Å². The molecule has 0 saturated carbocycles. The van der Waals surface area contributed by atoms with Gasteiger partial charge >= 0.3 is 0 Å². The number of benzene rings is 1. The highest BCUT2D eigenvalue weighted by atomic mass is 16.1. The van der Waals surface area contributed by atoms with Crippen LogP contribution < -0.4 is 5.32 Å². The lowest BCUT2D eigenvalue weighted by Crippen LogP contribution is -2.24. The smallest absolute Gasteiger partial charge is 0.223 e. The summed E-state index contributed by atoms with van der Waals surface area (Å²) in [4.78, 5) is 13.9. The number of carbonyl (C=O) groups excluding carboxylic acids is 1. The van der Waals surface area contributed by atoms with Crippen molar-refractivity contribution in [3.8, 4) is 0 Å². The van der Waals surface area contributed by atoms with Gasteiger partial charge in [-0.15, -0.1) is 0 Å². The van der Waals surface area contributed by atoms with E-state index in [9.17, 15) is 4.79 Å². The standard InChI is InChI=1S/C12H14N4O/c13-16-15-10-9-14-12(17)8-4-7-11-5-2-1-3-6-11/h1-7H,8-10H2,(H,14,17)/b7-4+. The molecule has 0 saturated heterocycles. The molecule has 17 heavy (non-hydrogen) atoms. The molecular weight excluding hydrogens is 216 g/mol. The summed E-state index contributed by atoms with van der Waals surface area (Å²) < 4.78 is 0. The lowest BCUT2D eigenvalue weighted by molar-refractivity contribution is -0.120. The number of hydrogen-bond acceptors (Lipinski definition) is 2. The van der Waals surface area contributed by atoms with Crippen molar-refractivity contribution in [2.75, 3.05) is 13.1 Å². The number of nitrogens with one attached hydrogen (secondary N) is 1. The van der Waals surface area contributed by atoms with E-state index in [1.165, 1.54) is 0 Å². The van der Waals surface area contributed by atoms with E-state index in [0.717, 1.165) is 5.56 Å². The van der Waals surface area contributed by atoms with Gasteiger partial charge < -0.3 is 5.32 Å². The molecule has 0 heterocycles. The molecule has 1 amide bonds. The van der Waals surface area contributed by atoms with Gasteiger partial charge in [0.15, 0.2) is 0 Å². The fourth-order valence-corrected chi connectivity index (χ4v) is 1.23. The summed E-state index contributed by atoms with van der Waals surface area (Å²) in [6, 6.07) is 9.77.